The van der Waals surface area contributed by atoms with Gasteiger partial charge in [0.25, 0.3) is 0 Å². The summed E-state index contributed by atoms with van der Waals surface area (Å²) in [6.45, 7) is 1.31. The largest absolute Gasteiger partial charge is 0.377 e. The highest BCUT2D eigenvalue weighted by Crippen LogP contribution is 2.26. The summed E-state index contributed by atoms with van der Waals surface area (Å²) in [6, 6.07) is 4.92. The summed E-state index contributed by atoms with van der Waals surface area (Å²) >= 11 is 0. The van der Waals surface area contributed by atoms with Crippen molar-refractivity contribution in [2.75, 3.05) is 24.7 Å². The summed E-state index contributed by atoms with van der Waals surface area (Å²) in [4.78, 5) is 27.1. The quantitative estimate of drug-likeness (QED) is 0.770. The molecule has 6 heteroatoms. The van der Waals surface area contributed by atoms with Crippen LogP contribution in [-0.2, 0) is 9.53 Å². The number of ether oxygens (including phenoxy) is 1. The molecule has 0 spiro atoms. The van der Waals surface area contributed by atoms with E-state index in [9.17, 15) is 14.0 Å². The summed E-state index contributed by atoms with van der Waals surface area (Å²) in [6.07, 6.45) is 0.211. The number of benzene rings is 1. The fraction of sp³-hybridized carbons (Fsp3) is 0.385. The summed E-state index contributed by atoms with van der Waals surface area (Å²) in [5, 5.41) is 0. The third-order valence-corrected chi connectivity index (χ3v) is 3.39. The van der Waals surface area contributed by atoms with Gasteiger partial charge in [-0.25, -0.2) is 14.1 Å². The molecule has 0 bridgehead atoms. The van der Waals surface area contributed by atoms with Crippen LogP contribution in [0, 0.1) is 5.82 Å². The third-order valence-electron chi connectivity index (χ3n) is 3.39. The standard InChI is InChI=1S/C13H13FN2O3/c14-9-2-1-3-10(6-9)16-12(17)7-11-8-19-5-4-15(11)13(16)18/h1-3,6,11H,4-5,7-8H2. The number of imide groups is 1. The number of nitrogens with zero attached hydrogens (tertiary/aromatic N) is 2. The van der Waals surface area contributed by atoms with Crippen LogP contribution in [-0.4, -0.2) is 42.6 Å². The lowest BCUT2D eigenvalue weighted by atomic mass is 10.1. The van der Waals surface area contributed by atoms with E-state index >= 15 is 0 Å². The van der Waals surface area contributed by atoms with E-state index in [2.05, 4.69) is 0 Å². The predicted molar refractivity (Wildman–Crippen MR) is 65.2 cm³/mol. The van der Waals surface area contributed by atoms with E-state index in [1.165, 1.54) is 18.2 Å². The maximum absolute atomic E-state index is 13.2. The fourth-order valence-corrected chi connectivity index (χ4v) is 2.47. The maximum atomic E-state index is 13.2. The summed E-state index contributed by atoms with van der Waals surface area (Å²) in [5.41, 5.74) is 0.278. The number of hydrogen-bond acceptors (Lipinski definition) is 3. The van der Waals surface area contributed by atoms with Gasteiger partial charge in [0.1, 0.15) is 5.82 Å². The highest BCUT2D eigenvalue weighted by molar-refractivity contribution is 6.16. The van der Waals surface area contributed by atoms with E-state index in [0.717, 1.165) is 4.90 Å². The number of amides is 3. The lowest BCUT2D eigenvalue weighted by Crippen LogP contribution is -2.61. The lowest BCUT2D eigenvalue weighted by Gasteiger charge is -2.42. The van der Waals surface area contributed by atoms with Crippen LogP contribution in [0.15, 0.2) is 24.3 Å². The fourth-order valence-electron chi connectivity index (χ4n) is 2.47. The Morgan fingerprint density at radius 2 is 2.16 bits per heavy atom. The minimum absolute atomic E-state index is 0.196. The van der Waals surface area contributed by atoms with Crippen LogP contribution in [0.1, 0.15) is 6.42 Å². The molecule has 0 aromatic heterocycles. The molecule has 1 unspecified atom stereocenters. The number of carbonyl (C=O) groups excluding carboxylic acids is 2. The Hall–Kier alpha value is -1.95. The first-order valence-corrected chi connectivity index (χ1v) is 6.13. The van der Waals surface area contributed by atoms with E-state index in [4.69, 9.17) is 4.74 Å². The minimum atomic E-state index is -0.470. The Balaban J connectivity index is 1.93. The highest BCUT2D eigenvalue weighted by Gasteiger charge is 2.40. The van der Waals surface area contributed by atoms with Gasteiger partial charge in [-0.3, -0.25) is 4.79 Å². The summed E-state index contributed by atoms with van der Waals surface area (Å²) in [7, 11) is 0. The Bertz CT molecular complexity index is 534. The smallest absolute Gasteiger partial charge is 0.331 e. The van der Waals surface area contributed by atoms with Gasteiger partial charge in [-0.1, -0.05) is 6.07 Å². The van der Waals surface area contributed by atoms with Gasteiger partial charge >= 0.3 is 6.03 Å². The molecule has 2 saturated heterocycles. The van der Waals surface area contributed by atoms with Crippen molar-refractivity contribution >= 4 is 17.6 Å². The molecule has 1 aromatic carbocycles. The molecule has 1 atom stereocenters. The second-order valence-corrected chi connectivity index (χ2v) is 4.62. The molecule has 5 nitrogen and oxygen atoms in total. The highest BCUT2D eigenvalue weighted by atomic mass is 19.1. The van der Waals surface area contributed by atoms with Gasteiger partial charge in [0.15, 0.2) is 0 Å². The van der Waals surface area contributed by atoms with E-state index in [-0.39, 0.29) is 24.1 Å². The Labute approximate surface area is 109 Å². The topological polar surface area (TPSA) is 49.9 Å². The van der Waals surface area contributed by atoms with Crippen LogP contribution in [0.3, 0.4) is 0 Å². The molecule has 2 heterocycles. The number of fused-ring (bicyclic) bond motifs is 1. The molecular formula is C13H13FN2O3. The van der Waals surface area contributed by atoms with E-state index in [1.54, 1.807) is 11.0 Å². The number of carbonyl (C=O) groups is 2. The third kappa shape index (κ3) is 2.08. The monoisotopic (exact) mass is 264 g/mol. The molecule has 2 aliphatic heterocycles. The first-order chi connectivity index (χ1) is 9.16. The average Bonchev–Trinajstić information content (AvgIpc) is 2.39. The summed E-state index contributed by atoms with van der Waals surface area (Å²) < 4.78 is 18.5. The van der Waals surface area contributed by atoms with Crippen molar-refractivity contribution in [3.63, 3.8) is 0 Å². The van der Waals surface area contributed by atoms with Crippen LogP contribution in [0.4, 0.5) is 14.9 Å². The van der Waals surface area contributed by atoms with Gasteiger partial charge in [-0.05, 0) is 18.2 Å². The van der Waals surface area contributed by atoms with Gasteiger partial charge in [0.05, 0.1) is 31.4 Å². The Kier molecular flexibility index (Phi) is 2.94. The number of morpholine rings is 1. The SMILES string of the molecule is O=C1CC2COCCN2C(=O)N1c1cccc(F)c1. The molecular weight excluding hydrogens is 251 g/mol. The van der Waals surface area contributed by atoms with Crippen molar-refractivity contribution < 1.29 is 18.7 Å². The Morgan fingerprint density at radius 3 is 2.95 bits per heavy atom. The molecule has 1 aromatic rings. The zero-order valence-electron chi connectivity index (χ0n) is 10.2. The maximum Gasteiger partial charge on any atom is 0.331 e. The molecule has 0 aliphatic carbocycles. The summed E-state index contributed by atoms with van der Waals surface area (Å²) in [5.74, 6) is -0.787. The Morgan fingerprint density at radius 1 is 1.32 bits per heavy atom. The van der Waals surface area contributed by atoms with Gasteiger partial charge < -0.3 is 9.64 Å². The lowest BCUT2D eigenvalue weighted by molar-refractivity contribution is -0.122. The van der Waals surface area contributed by atoms with Crippen molar-refractivity contribution in [1.82, 2.24) is 4.90 Å². The van der Waals surface area contributed by atoms with Crippen molar-refractivity contribution in [3.05, 3.63) is 30.1 Å². The minimum Gasteiger partial charge on any atom is -0.377 e. The molecule has 3 rings (SSSR count). The molecule has 100 valence electrons. The molecule has 0 N–H and O–H groups in total. The van der Waals surface area contributed by atoms with Crippen LogP contribution in [0.2, 0.25) is 0 Å². The molecule has 0 radical (unpaired) electrons. The normalized spacial score (nSPS) is 23.5. The molecule has 2 fully saturated rings. The van der Waals surface area contributed by atoms with Crippen molar-refractivity contribution in [2.45, 2.75) is 12.5 Å². The van der Waals surface area contributed by atoms with E-state index in [1.807, 2.05) is 0 Å². The zero-order chi connectivity index (χ0) is 13.4. The number of urea groups is 1. The predicted octanol–water partition coefficient (Wildman–Crippen LogP) is 1.38. The van der Waals surface area contributed by atoms with E-state index < -0.39 is 11.8 Å². The van der Waals surface area contributed by atoms with Gasteiger partial charge in [0.2, 0.25) is 5.91 Å². The molecule has 2 aliphatic rings. The molecule has 3 amide bonds. The van der Waals surface area contributed by atoms with Crippen LogP contribution in [0.5, 0.6) is 0 Å². The van der Waals surface area contributed by atoms with Crippen molar-refractivity contribution in [1.29, 1.82) is 0 Å². The van der Waals surface area contributed by atoms with Crippen LogP contribution < -0.4 is 4.90 Å². The number of rotatable bonds is 1. The van der Waals surface area contributed by atoms with Crippen LogP contribution in [0.25, 0.3) is 0 Å². The van der Waals surface area contributed by atoms with Crippen LogP contribution >= 0.6 is 0 Å². The van der Waals surface area contributed by atoms with Crippen molar-refractivity contribution in [3.8, 4) is 0 Å². The number of hydrogen-bond donors (Lipinski definition) is 0. The van der Waals surface area contributed by atoms with Gasteiger partial charge in [-0.2, -0.15) is 0 Å². The second-order valence-electron chi connectivity index (χ2n) is 4.62. The van der Waals surface area contributed by atoms with Crippen molar-refractivity contribution in [2.24, 2.45) is 0 Å². The number of anilines is 1. The molecule has 19 heavy (non-hydrogen) atoms. The molecule has 0 saturated carbocycles. The number of halogens is 1. The second kappa shape index (κ2) is 4.62. The van der Waals surface area contributed by atoms with Gasteiger partial charge in [-0.15, -0.1) is 0 Å². The average molecular weight is 264 g/mol. The first-order valence-electron chi connectivity index (χ1n) is 6.13. The zero-order valence-corrected chi connectivity index (χ0v) is 10.2. The first kappa shape index (κ1) is 12.1. The van der Waals surface area contributed by atoms with Gasteiger partial charge in [0, 0.05) is 6.54 Å². The van der Waals surface area contributed by atoms with E-state index in [0.29, 0.717) is 19.8 Å².